The summed E-state index contributed by atoms with van der Waals surface area (Å²) in [5.41, 5.74) is 0. The molecule has 19 heavy (non-hydrogen) atoms. The van der Waals surface area contributed by atoms with Crippen LogP contribution in [0.2, 0.25) is 0 Å². The van der Waals surface area contributed by atoms with E-state index in [4.69, 9.17) is 14.2 Å². The summed E-state index contributed by atoms with van der Waals surface area (Å²) in [5.74, 6) is 0. The largest absolute Gasteiger partial charge is 0.377 e. The first-order valence-electron chi connectivity index (χ1n) is 5.40. The average molecular weight is 284 g/mol. The summed E-state index contributed by atoms with van der Waals surface area (Å²) in [6.07, 6.45) is 0. The highest BCUT2D eigenvalue weighted by Crippen LogP contribution is 1.83. The van der Waals surface area contributed by atoms with Crippen LogP contribution in [0.3, 0.4) is 0 Å². The molecule has 11 heteroatoms. The number of rotatable bonds is 14. The molecule has 0 aliphatic carbocycles. The fourth-order valence-electron chi connectivity index (χ4n) is 0.883. The summed E-state index contributed by atoms with van der Waals surface area (Å²) in [6, 6.07) is 0. The number of hydrogen-bond acceptors (Lipinski definition) is 9. The second kappa shape index (κ2) is 12.7. The second-order valence-electron chi connectivity index (χ2n) is 2.95. The highest BCUT2D eigenvalue weighted by molar-refractivity contribution is 4.33. The maximum atomic E-state index is 9.76. The molecule has 0 aliphatic heterocycles. The van der Waals surface area contributed by atoms with Crippen LogP contribution in [0.25, 0.3) is 0 Å². The highest BCUT2D eigenvalue weighted by atomic mass is 17.0. The molecule has 0 bridgehead atoms. The summed E-state index contributed by atoms with van der Waals surface area (Å²) < 4.78 is 15.0. The van der Waals surface area contributed by atoms with Crippen molar-refractivity contribution in [3.63, 3.8) is 0 Å². The molecule has 0 saturated carbocycles. The monoisotopic (exact) mass is 284 g/mol. The smallest absolute Gasteiger partial charge is 0.294 e. The molecule has 0 heterocycles. The summed E-state index contributed by atoms with van der Waals surface area (Å²) in [5, 5.41) is 17.7. The fraction of sp³-hybridized carbons (Fsp3) is 1.00. The Morgan fingerprint density at radius 3 is 1.11 bits per heavy atom. The van der Waals surface area contributed by atoms with Gasteiger partial charge in [-0.2, -0.15) is 0 Å². The van der Waals surface area contributed by atoms with Crippen LogP contribution in [-0.4, -0.2) is 63.0 Å². The number of nitrogens with zero attached hydrogens (tertiary/aromatic N) is 2. The molecule has 0 N–H and O–H groups in total. The Hall–Kier alpha value is -1.72. The Morgan fingerprint density at radius 1 is 0.579 bits per heavy atom. The molecular weight excluding hydrogens is 268 g/mol. The van der Waals surface area contributed by atoms with Crippen LogP contribution < -0.4 is 0 Å². The molecule has 0 aromatic rings. The maximum Gasteiger partial charge on any atom is 0.294 e. The van der Waals surface area contributed by atoms with Crippen molar-refractivity contribution < 1.29 is 34.1 Å². The zero-order valence-corrected chi connectivity index (χ0v) is 10.2. The second-order valence-corrected chi connectivity index (χ2v) is 2.95. The average Bonchev–Trinajstić information content (AvgIpc) is 2.34. The lowest BCUT2D eigenvalue weighted by Crippen LogP contribution is -2.14. The lowest BCUT2D eigenvalue weighted by Gasteiger charge is -2.06. The standard InChI is InChI=1S/C8H16N2O9/c11-9(12)18-7-5-16-3-1-15-2-4-17-6-8-19-10(13)14/h1-8H2. The van der Waals surface area contributed by atoms with E-state index >= 15 is 0 Å². The van der Waals surface area contributed by atoms with Crippen LogP contribution >= 0.6 is 0 Å². The molecule has 0 atom stereocenters. The van der Waals surface area contributed by atoms with Gasteiger partial charge in [-0.3, -0.25) is 0 Å². The minimum atomic E-state index is -0.889. The van der Waals surface area contributed by atoms with Gasteiger partial charge in [0.25, 0.3) is 10.2 Å². The van der Waals surface area contributed by atoms with Crippen molar-refractivity contribution in [2.75, 3.05) is 52.9 Å². The van der Waals surface area contributed by atoms with E-state index in [0.29, 0.717) is 13.2 Å². The zero-order valence-electron chi connectivity index (χ0n) is 10.2. The molecule has 0 unspecified atom stereocenters. The van der Waals surface area contributed by atoms with Crippen LogP contribution in [0.1, 0.15) is 0 Å². The van der Waals surface area contributed by atoms with Gasteiger partial charge in [-0.1, -0.05) is 0 Å². The predicted octanol–water partition coefficient (Wildman–Crippen LogP) is -0.547. The molecule has 0 amide bonds. The number of ether oxygens (including phenoxy) is 3. The molecule has 112 valence electrons. The van der Waals surface area contributed by atoms with Crippen molar-refractivity contribution in [3.8, 4) is 0 Å². The van der Waals surface area contributed by atoms with E-state index in [1.165, 1.54) is 0 Å². The van der Waals surface area contributed by atoms with Crippen molar-refractivity contribution in [1.29, 1.82) is 0 Å². The minimum absolute atomic E-state index is 0.110. The van der Waals surface area contributed by atoms with Crippen molar-refractivity contribution in [1.82, 2.24) is 0 Å². The van der Waals surface area contributed by atoms with Gasteiger partial charge in [0, 0.05) is 0 Å². The highest BCUT2D eigenvalue weighted by Gasteiger charge is 1.96. The molecule has 0 rings (SSSR count). The minimum Gasteiger partial charge on any atom is -0.377 e. The Morgan fingerprint density at radius 2 is 0.842 bits per heavy atom. The predicted molar refractivity (Wildman–Crippen MR) is 58.3 cm³/mol. The first-order valence-corrected chi connectivity index (χ1v) is 5.40. The summed E-state index contributed by atoms with van der Waals surface area (Å²) in [4.78, 5) is 27.6. The Labute approximate surface area is 108 Å². The first kappa shape index (κ1) is 17.3. The molecule has 11 nitrogen and oxygen atoms in total. The Bertz CT molecular complexity index is 226. The molecule has 0 aliphatic rings. The van der Waals surface area contributed by atoms with E-state index < -0.39 is 10.2 Å². The van der Waals surface area contributed by atoms with Crippen molar-refractivity contribution in [3.05, 3.63) is 20.2 Å². The Kier molecular flexibility index (Phi) is 11.6. The van der Waals surface area contributed by atoms with Gasteiger partial charge in [0.15, 0.2) is 0 Å². The molecule has 0 saturated heterocycles. The molecular formula is C8H16N2O9. The lowest BCUT2D eigenvalue weighted by atomic mass is 10.7. The van der Waals surface area contributed by atoms with E-state index in [1.807, 2.05) is 0 Å². The van der Waals surface area contributed by atoms with Crippen LogP contribution in [0.5, 0.6) is 0 Å². The van der Waals surface area contributed by atoms with E-state index in [9.17, 15) is 20.2 Å². The quantitative estimate of drug-likeness (QED) is 0.234. The van der Waals surface area contributed by atoms with Gasteiger partial charge in [-0.25, -0.2) is 0 Å². The molecule has 0 aromatic carbocycles. The normalized spacial score (nSPS) is 10.1. The van der Waals surface area contributed by atoms with Gasteiger partial charge in [0.2, 0.25) is 0 Å². The SMILES string of the molecule is O=[N+]([O-])OCCOCCOCCOCCO[N+](=O)[O-]. The molecule has 0 aromatic heterocycles. The topological polar surface area (TPSA) is 132 Å². The van der Waals surface area contributed by atoms with Gasteiger partial charge in [0.05, 0.1) is 39.6 Å². The third kappa shape index (κ3) is 16.3. The summed E-state index contributed by atoms with van der Waals surface area (Å²) in [7, 11) is 0. The molecule has 0 fully saturated rings. The van der Waals surface area contributed by atoms with Gasteiger partial charge in [0.1, 0.15) is 13.2 Å². The van der Waals surface area contributed by atoms with Gasteiger partial charge in [-0.15, -0.1) is 20.2 Å². The Balaban J connectivity index is 2.99. The molecule has 0 radical (unpaired) electrons. The fourth-order valence-corrected chi connectivity index (χ4v) is 0.883. The zero-order chi connectivity index (χ0) is 14.3. The van der Waals surface area contributed by atoms with E-state index in [0.717, 1.165) is 0 Å². The van der Waals surface area contributed by atoms with E-state index in [2.05, 4.69) is 9.68 Å². The van der Waals surface area contributed by atoms with Gasteiger partial charge >= 0.3 is 0 Å². The number of hydrogen-bond donors (Lipinski definition) is 0. The first-order chi connectivity index (χ1) is 9.13. The maximum absolute atomic E-state index is 9.76. The van der Waals surface area contributed by atoms with Crippen molar-refractivity contribution in [2.45, 2.75) is 0 Å². The molecule has 0 spiro atoms. The lowest BCUT2D eigenvalue weighted by molar-refractivity contribution is -0.758. The van der Waals surface area contributed by atoms with Crippen molar-refractivity contribution >= 4 is 0 Å². The van der Waals surface area contributed by atoms with Crippen LogP contribution in [-0.2, 0) is 23.9 Å². The van der Waals surface area contributed by atoms with Crippen LogP contribution in [0, 0.1) is 20.2 Å². The summed E-state index contributed by atoms with van der Waals surface area (Å²) >= 11 is 0. The van der Waals surface area contributed by atoms with Gasteiger partial charge < -0.3 is 23.9 Å². The van der Waals surface area contributed by atoms with Crippen molar-refractivity contribution in [2.24, 2.45) is 0 Å². The van der Waals surface area contributed by atoms with E-state index in [1.54, 1.807) is 0 Å². The summed E-state index contributed by atoms with van der Waals surface area (Å²) in [6.45, 7) is 1.18. The third-order valence-electron chi connectivity index (χ3n) is 1.59. The van der Waals surface area contributed by atoms with Crippen LogP contribution in [0.4, 0.5) is 0 Å². The third-order valence-corrected chi connectivity index (χ3v) is 1.59. The van der Waals surface area contributed by atoms with E-state index in [-0.39, 0.29) is 39.6 Å². The van der Waals surface area contributed by atoms with Crippen LogP contribution in [0.15, 0.2) is 0 Å². The van der Waals surface area contributed by atoms with Gasteiger partial charge in [-0.05, 0) is 0 Å².